The molecule has 0 radical (unpaired) electrons. The van der Waals surface area contributed by atoms with Crippen molar-refractivity contribution in [1.82, 2.24) is 14.1 Å². The largest absolute Gasteiger partial charge is 0.379 e. The maximum atomic E-state index is 13.3. The molecular weight excluding hydrogens is 438 g/mol. The van der Waals surface area contributed by atoms with Crippen LogP contribution in [0.1, 0.15) is 62.7 Å². The molecule has 33 heavy (non-hydrogen) atoms. The summed E-state index contributed by atoms with van der Waals surface area (Å²) in [6.45, 7) is 11.0. The molecule has 0 spiro atoms. The third kappa shape index (κ3) is 7.50. The van der Waals surface area contributed by atoms with E-state index >= 15 is 0 Å². The van der Waals surface area contributed by atoms with Gasteiger partial charge < -0.3 is 9.64 Å². The summed E-state index contributed by atoms with van der Waals surface area (Å²) < 4.78 is 33.0. The summed E-state index contributed by atoms with van der Waals surface area (Å²) in [5.74, 6) is 0.549. The third-order valence-electron chi connectivity index (χ3n) is 6.84. The second-order valence-electron chi connectivity index (χ2n) is 9.42. The van der Waals surface area contributed by atoms with Gasteiger partial charge in [-0.3, -0.25) is 9.69 Å². The molecule has 3 rings (SSSR count). The average molecular weight is 480 g/mol. The number of amides is 1. The van der Waals surface area contributed by atoms with E-state index in [1.807, 2.05) is 4.90 Å². The minimum absolute atomic E-state index is 0.0181. The molecule has 186 valence electrons. The summed E-state index contributed by atoms with van der Waals surface area (Å²) in [5, 5.41) is 0. The Kier molecular flexibility index (Phi) is 10.2. The zero-order valence-corrected chi connectivity index (χ0v) is 21.2. The average Bonchev–Trinajstić information content (AvgIpc) is 2.84. The standard InChI is InChI=1S/C25H41N3O4S/c1-3-4-5-6-13-27(17-16-26-18-20-32-21-19-26)25(29)23-7-9-24(10-8-23)33(30,31)28-14-11-22(2)12-15-28/h7-10,22H,3-6,11-21H2,1-2H3. The minimum atomic E-state index is -3.50. The number of carbonyl (C=O) groups is 1. The lowest BCUT2D eigenvalue weighted by Crippen LogP contribution is -2.43. The molecule has 8 heteroatoms. The van der Waals surface area contributed by atoms with E-state index in [2.05, 4.69) is 18.7 Å². The Morgan fingerprint density at radius 1 is 1.00 bits per heavy atom. The van der Waals surface area contributed by atoms with Crippen molar-refractivity contribution in [3.05, 3.63) is 29.8 Å². The van der Waals surface area contributed by atoms with E-state index < -0.39 is 10.0 Å². The van der Waals surface area contributed by atoms with Crippen LogP contribution in [0.15, 0.2) is 29.2 Å². The molecule has 0 unspecified atom stereocenters. The summed E-state index contributed by atoms with van der Waals surface area (Å²) in [7, 11) is -3.50. The van der Waals surface area contributed by atoms with Crippen LogP contribution in [0.25, 0.3) is 0 Å². The van der Waals surface area contributed by atoms with E-state index in [0.717, 1.165) is 71.5 Å². The van der Waals surface area contributed by atoms with Gasteiger partial charge in [-0.1, -0.05) is 33.1 Å². The van der Waals surface area contributed by atoms with Crippen molar-refractivity contribution in [3.8, 4) is 0 Å². The first-order valence-corrected chi connectivity index (χ1v) is 14.1. The molecule has 2 heterocycles. The molecule has 7 nitrogen and oxygen atoms in total. The van der Waals surface area contributed by atoms with Crippen molar-refractivity contribution in [1.29, 1.82) is 0 Å². The van der Waals surface area contributed by atoms with Gasteiger partial charge in [-0.05, 0) is 49.4 Å². The smallest absolute Gasteiger partial charge is 0.253 e. The van der Waals surface area contributed by atoms with Crippen LogP contribution in [-0.4, -0.2) is 87.5 Å². The van der Waals surface area contributed by atoms with Crippen LogP contribution in [0.2, 0.25) is 0 Å². The van der Waals surface area contributed by atoms with Crippen LogP contribution < -0.4 is 0 Å². The molecule has 1 aromatic rings. The lowest BCUT2D eigenvalue weighted by molar-refractivity contribution is 0.0324. The molecule has 2 fully saturated rings. The Morgan fingerprint density at radius 2 is 1.67 bits per heavy atom. The van der Waals surface area contributed by atoms with Gasteiger partial charge in [0.2, 0.25) is 10.0 Å². The number of hydrogen-bond donors (Lipinski definition) is 0. The number of sulfonamides is 1. The topological polar surface area (TPSA) is 70.2 Å². The van der Waals surface area contributed by atoms with Gasteiger partial charge >= 0.3 is 0 Å². The fourth-order valence-electron chi connectivity index (χ4n) is 4.46. The maximum absolute atomic E-state index is 13.3. The van der Waals surface area contributed by atoms with Gasteiger partial charge in [0.1, 0.15) is 0 Å². The summed E-state index contributed by atoms with van der Waals surface area (Å²) >= 11 is 0. The van der Waals surface area contributed by atoms with Crippen molar-refractivity contribution in [2.75, 3.05) is 59.0 Å². The summed E-state index contributed by atoms with van der Waals surface area (Å²) in [6, 6.07) is 6.54. The Bertz CT molecular complexity index is 830. The molecule has 0 saturated carbocycles. The number of piperidine rings is 1. The Balaban J connectivity index is 1.65. The quantitative estimate of drug-likeness (QED) is 0.455. The fourth-order valence-corrected chi connectivity index (χ4v) is 5.93. The molecule has 1 amide bonds. The van der Waals surface area contributed by atoms with Crippen molar-refractivity contribution in [2.24, 2.45) is 5.92 Å². The highest BCUT2D eigenvalue weighted by molar-refractivity contribution is 7.89. The monoisotopic (exact) mass is 479 g/mol. The van der Waals surface area contributed by atoms with Crippen molar-refractivity contribution in [3.63, 3.8) is 0 Å². The van der Waals surface area contributed by atoms with Crippen LogP contribution in [0, 0.1) is 5.92 Å². The van der Waals surface area contributed by atoms with Crippen LogP contribution >= 0.6 is 0 Å². The van der Waals surface area contributed by atoms with Gasteiger partial charge in [-0.15, -0.1) is 0 Å². The Labute approximate surface area is 200 Å². The minimum Gasteiger partial charge on any atom is -0.379 e. The molecule has 1 aromatic carbocycles. The molecular formula is C25H41N3O4S. The van der Waals surface area contributed by atoms with Crippen LogP contribution in [0.3, 0.4) is 0 Å². The first kappa shape index (κ1) is 26.1. The normalized spacial score (nSPS) is 19.0. The van der Waals surface area contributed by atoms with Gasteiger partial charge in [0.15, 0.2) is 0 Å². The van der Waals surface area contributed by atoms with Gasteiger partial charge in [-0.25, -0.2) is 8.42 Å². The van der Waals surface area contributed by atoms with Crippen LogP contribution in [-0.2, 0) is 14.8 Å². The molecule has 2 aliphatic rings. The molecule has 0 aromatic heterocycles. The third-order valence-corrected chi connectivity index (χ3v) is 8.75. The number of morpholine rings is 1. The van der Waals surface area contributed by atoms with Gasteiger partial charge in [0.25, 0.3) is 5.91 Å². The molecule has 0 N–H and O–H groups in total. The number of nitrogens with zero attached hydrogens (tertiary/aromatic N) is 3. The van der Waals surface area contributed by atoms with Gasteiger partial charge in [-0.2, -0.15) is 4.31 Å². The Hall–Kier alpha value is -1.48. The predicted octanol–water partition coefficient (Wildman–Crippen LogP) is 3.46. The van der Waals surface area contributed by atoms with Gasteiger partial charge in [0.05, 0.1) is 18.1 Å². The first-order chi connectivity index (χ1) is 15.9. The number of ether oxygens (including phenoxy) is 1. The SMILES string of the molecule is CCCCCCN(CCN1CCOCC1)C(=O)c1ccc(S(=O)(=O)N2CCC(C)CC2)cc1. The second kappa shape index (κ2) is 12.8. The lowest BCUT2D eigenvalue weighted by atomic mass is 10.0. The van der Waals surface area contributed by atoms with Crippen LogP contribution in [0.4, 0.5) is 0 Å². The van der Waals surface area contributed by atoms with E-state index in [0.29, 0.717) is 31.1 Å². The van der Waals surface area contributed by atoms with Gasteiger partial charge in [0, 0.05) is 51.4 Å². The zero-order valence-electron chi connectivity index (χ0n) is 20.4. The van der Waals surface area contributed by atoms with E-state index in [9.17, 15) is 13.2 Å². The van der Waals surface area contributed by atoms with E-state index in [4.69, 9.17) is 4.74 Å². The molecule has 0 atom stereocenters. The number of rotatable bonds is 11. The summed E-state index contributed by atoms with van der Waals surface area (Å²) in [5.41, 5.74) is 0.554. The number of hydrogen-bond acceptors (Lipinski definition) is 5. The highest BCUT2D eigenvalue weighted by Crippen LogP contribution is 2.24. The van der Waals surface area contributed by atoms with Crippen molar-refractivity contribution >= 4 is 15.9 Å². The molecule has 0 aliphatic carbocycles. The maximum Gasteiger partial charge on any atom is 0.253 e. The highest BCUT2D eigenvalue weighted by Gasteiger charge is 2.28. The predicted molar refractivity (Wildman–Crippen MR) is 131 cm³/mol. The number of unbranched alkanes of at least 4 members (excludes halogenated alkanes) is 3. The summed E-state index contributed by atoms with van der Waals surface area (Å²) in [6.07, 6.45) is 6.23. The Morgan fingerprint density at radius 3 is 2.30 bits per heavy atom. The van der Waals surface area contributed by atoms with E-state index in [1.54, 1.807) is 28.6 Å². The highest BCUT2D eigenvalue weighted by atomic mass is 32.2. The summed E-state index contributed by atoms with van der Waals surface area (Å²) in [4.78, 5) is 17.8. The van der Waals surface area contributed by atoms with Crippen molar-refractivity contribution in [2.45, 2.75) is 57.3 Å². The first-order valence-electron chi connectivity index (χ1n) is 12.6. The van der Waals surface area contributed by atoms with Crippen molar-refractivity contribution < 1.29 is 17.9 Å². The molecule has 2 saturated heterocycles. The number of carbonyl (C=O) groups excluding carboxylic acids is 1. The van der Waals surface area contributed by atoms with E-state index in [1.165, 1.54) is 6.42 Å². The zero-order chi connectivity index (χ0) is 23.7. The second-order valence-corrected chi connectivity index (χ2v) is 11.4. The molecule has 2 aliphatic heterocycles. The fraction of sp³-hybridized carbons (Fsp3) is 0.720. The van der Waals surface area contributed by atoms with Crippen LogP contribution in [0.5, 0.6) is 0 Å². The molecule has 0 bridgehead atoms. The number of benzene rings is 1. The lowest BCUT2D eigenvalue weighted by Gasteiger charge is -2.30. The van der Waals surface area contributed by atoms with E-state index in [-0.39, 0.29) is 10.8 Å².